The van der Waals surface area contributed by atoms with E-state index in [1.165, 1.54) is 0 Å². The second-order valence-corrected chi connectivity index (χ2v) is 3.17. The quantitative estimate of drug-likeness (QED) is 0.842. The first-order valence-electron chi connectivity index (χ1n) is 4.56. The van der Waals surface area contributed by atoms with Crippen LogP contribution in [0, 0.1) is 0 Å². The van der Waals surface area contributed by atoms with Gasteiger partial charge in [0.2, 0.25) is 5.89 Å². The number of rotatable bonds is 4. The van der Waals surface area contributed by atoms with Gasteiger partial charge in [-0.15, -0.1) is 0 Å². The Kier molecular flexibility index (Phi) is 3.67. The van der Waals surface area contributed by atoms with Crippen LogP contribution < -0.4 is 5.32 Å². The lowest BCUT2D eigenvalue weighted by Gasteiger charge is -2.07. The van der Waals surface area contributed by atoms with E-state index in [0.29, 0.717) is 0 Å². The van der Waals surface area contributed by atoms with E-state index >= 15 is 0 Å². The second kappa shape index (κ2) is 4.61. The van der Waals surface area contributed by atoms with E-state index in [0.717, 1.165) is 6.54 Å². The van der Waals surface area contributed by atoms with Crippen molar-refractivity contribution >= 4 is 0 Å². The topological polar surface area (TPSA) is 51.0 Å². The molecule has 0 fully saturated rings. The third-order valence-corrected chi connectivity index (χ3v) is 1.76. The molecule has 0 radical (unpaired) electrons. The molecule has 86 valence electrons. The molecule has 0 bridgehead atoms. The minimum absolute atomic E-state index is 0.00391. The molecule has 1 aromatic heterocycles. The molecule has 0 saturated carbocycles. The zero-order chi connectivity index (χ0) is 11.5. The average molecular weight is 223 g/mol. The SMILES string of the molecule is CCNC(C)Cc1nc(C(F)(F)F)no1. The highest BCUT2D eigenvalue weighted by Gasteiger charge is 2.37. The fourth-order valence-corrected chi connectivity index (χ4v) is 1.14. The first kappa shape index (κ1) is 12.0. The molecule has 1 rings (SSSR count). The van der Waals surface area contributed by atoms with Gasteiger partial charge in [-0.1, -0.05) is 12.1 Å². The smallest absolute Gasteiger partial charge is 0.339 e. The highest BCUT2D eigenvalue weighted by molar-refractivity contribution is 4.92. The molecular weight excluding hydrogens is 211 g/mol. The predicted molar refractivity (Wildman–Crippen MR) is 46.1 cm³/mol. The third-order valence-electron chi connectivity index (χ3n) is 1.76. The first-order valence-corrected chi connectivity index (χ1v) is 4.56. The maximum Gasteiger partial charge on any atom is 0.455 e. The summed E-state index contributed by atoms with van der Waals surface area (Å²) in [7, 11) is 0. The summed E-state index contributed by atoms with van der Waals surface area (Å²) in [4.78, 5) is 3.26. The minimum Gasteiger partial charge on any atom is -0.339 e. The van der Waals surface area contributed by atoms with Gasteiger partial charge in [-0.3, -0.25) is 0 Å². The third kappa shape index (κ3) is 3.50. The number of alkyl halides is 3. The van der Waals surface area contributed by atoms with E-state index in [4.69, 9.17) is 0 Å². The van der Waals surface area contributed by atoms with E-state index in [1.54, 1.807) is 0 Å². The summed E-state index contributed by atoms with van der Waals surface area (Å²) < 4.78 is 40.7. The van der Waals surface area contributed by atoms with Gasteiger partial charge >= 0.3 is 6.18 Å². The van der Waals surface area contributed by atoms with Crippen LogP contribution in [0.2, 0.25) is 0 Å². The van der Waals surface area contributed by atoms with Crippen LogP contribution in [0.3, 0.4) is 0 Å². The number of hydrogen-bond acceptors (Lipinski definition) is 4. The number of nitrogens with one attached hydrogen (secondary N) is 1. The maximum atomic E-state index is 12.1. The molecule has 0 aromatic carbocycles. The van der Waals surface area contributed by atoms with Gasteiger partial charge in [0, 0.05) is 12.5 Å². The summed E-state index contributed by atoms with van der Waals surface area (Å²) in [5.41, 5.74) is 0. The number of nitrogens with zero attached hydrogens (tertiary/aromatic N) is 2. The van der Waals surface area contributed by atoms with E-state index in [1.807, 2.05) is 13.8 Å². The van der Waals surface area contributed by atoms with Gasteiger partial charge in [0.25, 0.3) is 5.82 Å². The second-order valence-electron chi connectivity index (χ2n) is 3.17. The molecule has 0 aliphatic rings. The minimum atomic E-state index is -4.54. The molecule has 1 atom stereocenters. The molecular formula is C8H12F3N3O. The molecule has 0 saturated heterocycles. The summed E-state index contributed by atoms with van der Waals surface area (Å²) in [5.74, 6) is -1.23. The molecule has 15 heavy (non-hydrogen) atoms. The lowest BCUT2D eigenvalue weighted by Crippen LogP contribution is -2.27. The summed E-state index contributed by atoms with van der Waals surface area (Å²) >= 11 is 0. The Morgan fingerprint density at radius 2 is 2.13 bits per heavy atom. The molecule has 1 aromatic rings. The lowest BCUT2D eigenvalue weighted by atomic mass is 10.2. The van der Waals surface area contributed by atoms with Gasteiger partial charge in [0.15, 0.2) is 0 Å². The molecule has 0 spiro atoms. The monoisotopic (exact) mass is 223 g/mol. The van der Waals surface area contributed by atoms with E-state index in [9.17, 15) is 13.2 Å². The average Bonchev–Trinajstić information content (AvgIpc) is 2.52. The Labute approximate surface area is 84.9 Å². The summed E-state index contributed by atoms with van der Waals surface area (Å²) in [6.07, 6.45) is -4.25. The Hall–Kier alpha value is -1.11. The Balaban J connectivity index is 2.61. The Morgan fingerprint density at radius 1 is 1.47 bits per heavy atom. The summed E-state index contributed by atoms with van der Waals surface area (Å²) in [5, 5.41) is 5.89. The van der Waals surface area contributed by atoms with Crippen LogP contribution in [-0.4, -0.2) is 22.7 Å². The van der Waals surface area contributed by atoms with Crippen molar-refractivity contribution in [3.63, 3.8) is 0 Å². The molecule has 0 aliphatic carbocycles. The van der Waals surface area contributed by atoms with Crippen molar-refractivity contribution in [2.45, 2.75) is 32.5 Å². The van der Waals surface area contributed by atoms with E-state index in [-0.39, 0.29) is 18.4 Å². The molecule has 1 N–H and O–H groups in total. The van der Waals surface area contributed by atoms with Crippen molar-refractivity contribution in [2.75, 3.05) is 6.54 Å². The normalized spacial score (nSPS) is 14.2. The van der Waals surface area contributed by atoms with Crippen LogP contribution >= 0.6 is 0 Å². The molecule has 0 aliphatic heterocycles. The van der Waals surface area contributed by atoms with Gasteiger partial charge in [0.1, 0.15) is 0 Å². The molecule has 1 unspecified atom stereocenters. The zero-order valence-corrected chi connectivity index (χ0v) is 8.43. The number of hydrogen-bond donors (Lipinski definition) is 1. The van der Waals surface area contributed by atoms with Crippen LogP contribution in [0.4, 0.5) is 13.2 Å². The van der Waals surface area contributed by atoms with E-state index in [2.05, 4.69) is 20.0 Å². The summed E-state index contributed by atoms with van der Waals surface area (Å²) in [6.45, 7) is 4.48. The largest absolute Gasteiger partial charge is 0.455 e. The highest BCUT2D eigenvalue weighted by Crippen LogP contribution is 2.26. The molecule has 7 heteroatoms. The van der Waals surface area contributed by atoms with Gasteiger partial charge in [-0.25, -0.2) is 0 Å². The fourth-order valence-electron chi connectivity index (χ4n) is 1.14. The van der Waals surface area contributed by atoms with Crippen molar-refractivity contribution in [3.05, 3.63) is 11.7 Å². The zero-order valence-electron chi connectivity index (χ0n) is 8.43. The molecule has 0 amide bonds. The van der Waals surface area contributed by atoms with Crippen LogP contribution in [-0.2, 0) is 12.6 Å². The standard InChI is InChI=1S/C8H12F3N3O/c1-3-12-5(2)4-6-13-7(14-15-6)8(9,10)11/h5,12H,3-4H2,1-2H3. The van der Waals surface area contributed by atoms with Crippen LogP contribution in [0.5, 0.6) is 0 Å². The van der Waals surface area contributed by atoms with Crippen molar-refractivity contribution in [3.8, 4) is 0 Å². The Morgan fingerprint density at radius 3 is 2.60 bits per heavy atom. The summed E-state index contributed by atoms with van der Waals surface area (Å²) in [6, 6.07) is 0.0107. The van der Waals surface area contributed by atoms with Crippen molar-refractivity contribution in [1.29, 1.82) is 0 Å². The number of likely N-dealkylation sites (N-methyl/N-ethyl adjacent to an activating group) is 1. The molecule has 1 heterocycles. The van der Waals surface area contributed by atoms with Gasteiger partial charge in [-0.05, 0) is 13.5 Å². The van der Waals surface area contributed by atoms with Gasteiger partial charge in [0.05, 0.1) is 0 Å². The number of halogens is 3. The predicted octanol–water partition coefficient (Wildman–Crippen LogP) is 1.63. The number of aromatic nitrogens is 2. The fraction of sp³-hybridized carbons (Fsp3) is 0.750. The van der Waals surface area contributed by atoms with E-state index < -0.39 is 12.0 Å². The van der Waals surface area contributed by atoms with Crippen molar-refractivity contribution in [1.82, 2.24) is 15.5 Å². The molecule has 4 nitrogen and oxygen atoms in total. The van der Waals surface area contributed by atoms with Crippen LogP contribution in [0.25, 0.3) is 0 Å². The van der Waals surface area contributed by atoms with Crippen molar-refractivity contribution in [2.24, 2.45) is 0 Å². The lowest BCUT2D eigenvalue weighted by molar-refractivity contribution is -0.146. The van der Waals surface area contributed by atoms with Crippen LogP contribution in [0.15, 0.2) is 4.52 Å². The maximum absolute atomic E-state index is 12.1. The van der Waals surface area contributed by atoms with Gasteiger partial charge in [-0.2, -0.15) is 18.2 Å². The Bertz CT molecular complexity index is 310. The van der Waals surface area contributed by atoms with Gasteiger partial charge < -0.3 is 9.84 Å². The first-order chi connectivity index (χ1) is 6.93. The van der Waals surface area contributed by atoms with Crippen LogP contribution in [0.1, 0.15) is 25.6 Å². The highest BCUT2D eigenvalue weighted by atomic mass is 19.4. The van der Waals surface area contributed by atoms with Crippen molar-refractivity contribution < 1.29 is 17.7 Å².